The van der Waals surface area contributed by atoms with E-state index in [2.05, 4.69) is 9.46 Å². The molecule has 1 aromatic carbocycles. The Balaban J connectivity index is 2.68. The molecule has 18 heavy (non-hydrogen) atoms. The normalized spacial score (nSPS) is 11.1. The average molecular weight is 273 g/mol. The number of nitrogens with two attached hydrogens (primary N) is 1. The fraction of sp³-hybridized carbons (Fsp3) is 0.300. The molecule has 8 heteroatoms. The van der Waals surface area contributed by atoms with E-state index in [-0.39, 0.29) is 5.69 Å². The van der Waals surface area contributed by atoms with E-state index in [1.807, 2.05) is 0 Å². The molecule has 0 saturated heterocycles. The number of ether oxygens (including phenoxy) is 1. The first-order valence-corrected chi connectivity index (χ1v) is 6.63. The second-order valence-corrected chi connectivity index (χ2v) is 5.20. The highest BCUT2D eigenvalue weighted by Crippen LogP contribution is 2.12. The van der Waals surface area contributed by atoms with Crippen molar-refractivity contribution in [1.29, 1.82) is 0 Å². The number of amides is 1. The SMILES string of the molecule is CC(C)OC(=O)NS(=O)(=O)Nc1cccc(N)c1. The van der Waals surface area contributed by atoms with E-state index in [9.17, 15) is 13.2 Å². The Kier molecular flexibility index (Phi) is 4.38. The maximum Gasteiger partial charge on any atom is 0.422 e. The van der Waals surface area contributed by atoms with Crippen molar-refractivity contribution in [3.8, 4) is 0 Å². The monoisotopic (exact) mass is 273 g/mol. The summed E-state index contributed by atoms with van der Waals surface area (Å²) < 4.78 is 31.6. The second-order valence-electron chi connectivity index (χ2n) is 3.79. The maximum atomic E-state index is 11.5. The van der Waals surface area contributed by atoms with Crippen LogP contribution in [0.1, 0.15) is 13.8 Å². The maximum absolute atomic E-state index is 11.5. The van der Waals surface area contributed by atoms with E-state index in [4.69, 9.17) is 5.73 Å². The van der Waals surface area contributed by atoms with E-state index >= 15 is 0 Å². The molecule has 4 N–H and O–H groups in total. The van der Waals surface area contributed by atoms with Crippen LogP contribution in [-0.2, 0) is 14.9 Å². The summed E-state index contributed by atoms with van der Waals surface area (Å²) in [7, 11) is -4.03. The quantitative estimate of drug-likeness (QED) is 0.710. The van der Waals surface area contributed by atoms with Crippen molar-refractivity contribution in [3.05, 3.63) is 24.3 Å². The van der Waals surface area contributed by atoms with Crippen LogP contribution in [0.15, 0.2) is 24.3 Å². The third-order valence-corrected chi connectivity index (χ3v) is 2.64. The molecule has 0 radical (unpaired) electrons. The summed E-state index contributed by atoms with van der Waals surface area (Å²) >= 11 is 0. The van der Waals surface area contributed by atoms with E-state index in [1.165, 1.54) is 12.1 Å². The van der Waals surface area contributed by atoms with Crippen LogP contribution in [0.2, 0.25) is 0 Å². The number of carbonyl (C=O) groups excluding carboxylic acids is 1. The number of rotatable bonds is 4. The molecule has 0 spiro atoms. The van der Waals surface area contributed by atoms with Gasteiger partial charge in [-0.3, -0.25) is 4.72 Å². The van der Waals surface area contributed by atoms with E-state index in [0.29, 0.717) is 5.69 Å². The van der Waals surface area contributed by atoms with Crippen molar-refractivity contribution >= 4 is 27.7 Å². The highest BCUT2D eigenvalue weighted by molar-refractivity contribution is 7.91. The number of nitrogens with one attached hydrogen (secondary N) is 2. The zero-order valence-corrected chi connectivity index (χ0v) is 10.8. The van der Waals surface area contributed by atoms with Gasteiger partial charge in [-0.2, -0.15) is 8.42 Å². The van der Waals surface area contributed by atoms with Gasteiger partial charge in [0.15, 0.2) is 0 Å². The Hall–Kier alpha value is -1.96. The van der Waals surface area contributed by atoms with Crippen molar-refractivity contribution in [2.75, 3.05) is 10.5 Å². The molecular weight excluding hydrogens is 258 g/mol. The molecule has 0 heterocycles. The smallest absolute Gasteiger partial charge is 0.422 e. The van der Waals surface area contributed by atoms with Crippen LogP contribution in [0.4, 0.5) is 16.2 Å². The van der Waals surface area contributed by atoms with Crippen LogP contribution < -0.4 is 15.2 Å². The number of nitrogen functional groups attached to an aromatic ring is 1. The highest BCUT2D eigenvalue weighted by atomic mass is 32.2. The number of hydrogen-bond acceptors (Lipinski definition) is 5. The van der Waals surface area contributed by atoms with Crippen molar-refractivity contribution in [2.45, 2.75) is 20.0 Å². The second kappa shape index (κ2) is 5.58. The van der Waals surface area contributed by atoms with Gasteiger partial charge in [-0.25, -0.2) is 9.52 Å². The first-order valence-electron chi connectivity index (χ1n) is 5.15. The Labute approximate surface area is 106 Å². The Morgan fingerprint density at radius 2 is 2.06 bits per heavy atom. The van der Waals surface area contributed by atoms with Gasteiger partial charge in [0, 0.05) is 5.69 Å². The summed E-state index contributed by atoms with van der Waals surface area (Å²) in [6.45, 7) is 3.22. The number of carbonyl (C=O) groups is 1. The lowest BCUT2D eigenvalue weighted by Gasteiger charge is -2.11. The predicted octanol–water partition coefficient (Wildman–Crippen LogP) is 1.06. The van der Waals surface area contributed by atoms with Crippen molar-refractivity contribution < 1.29 is 17.9 Å². The number of anilines is 2. The zero-order chi connectivity index (χ0) is 13.8. The summed E-state index contributed by atoms with van der Waals surface area (Å²) in [4.78, 5) is 11.1. The van der Waals surface area contributed by atoms with Gasteiger partial charge in [-0.1, -0.05) is 6.07 Å². The molecule has 0 atom stereocenters. The summed E-state index contributed by atoms with van der Waals surface area (Å²) in [5.41, 5.74) is 6.15. The fourth-order valence-electron chi connectivity index (χ4n) is 1.13. The van der Waals surface area contributed by atoms with Crippen molar-refractivity contribution in [3.63, 3.8) is 0 Å². The van der Waals surface area contributed by atoms with Crippen molar-refractivity contribution in [2.24, 2.45) is 0 Å². The van der Waals surface area contributed by atoms with Gasteiger partial charge in [0.1, 0.15) is 0 Å². The van der Waals surface area contributed by atoms with Gasteiger partial charge in [-0.15, -0.1) is 0 Å². The van der Waals surface area contributed by atoms with Crippen LogP contribution >= 0.6 is 0 Å². The largest absolute Gasteiger partial charge is 0.446 e. The molecule has 0 aliphatic carbocycles. The summed E-state index contributed by atoms with van der Waals surface area (Å²) in [6, 6.07) is 6.12. The van der Waals surface area contributed by atoms with E-state index < -0.39 is 22.4 Å². The molecule has 0 aliphatic rings. The standard InChI is InChI=1S/C10H15N3O4S/c1-7(2)17-10(14)13-18(15,16)12-9-5-3-4-8(11)6-9/h3-7,12H,11H2,1-2H3,(H,13,14). The molecule has 0 saturated carbocycles. The van der Waals surface area contributed by atoms with Gasteiger partial charge < -0.3 is 10.5 Å². The van der Waals surface area contributed by atoms with Crippen LogP contribution in [0.3, 0.4) is 0 Å². The Bertz CT molecular complexity index is 528. The molecule has 100 valence electrons. The Morgan fingerprint density at radius 1 is 1.39 bits per heavy atom. The summed E-state index contributed by atoms with van der Waals surface area (Å²) in [5.74, 6) is 0. The van der Waals surface area contributed by atoms with Crippen LogP contribution in [0.25, 0.3) is 0 Å². The van der Waals surface area contributed by atoms with Crippen LogP contribution in [0.5, 0.6) is 0 Å². The number of benzene rings is 1. The molecular formula is C10H15N3O4S. The summed E-state index contributed by atoms with van der Waals surface area (Å²) in [5, 5.41) is 0. The van der Waals surface area contributed by atoms with Gasteiger partial charge in [0.25, 0.3) is 0 Å². The number of hydrogen-bond donors (Lipinski definition) is 3. The summed E-state index contributed by atoms with van der Waals surface area (Å²) in [6.07, 6.45) is -1.45. The highest BCUT2D eigenvalue weighted by Gasteiger charge is 2.16. The lowest BCUT2D eigenvalue weighted by Crippen LogP contribution is -2.36. The minimum absolute atomic E-state index is 0.250. The predicted molar refractivity (Wildman–Crippen MR) is 68.1 cm³/mol. The minimum Gasteiger partial charge on any atom is -0.446 e. The molecule has 0 aliphatic heterocycles. The van der Waals surface area contributed by atoms with E-state index in [1.54, 1.807) is 30.7 Å². The molecule has 0 aromatic heterocycles. The van der Waals surface area contributed by atoms with Crippen LogP contribution in [0, 0.1) is 0 Å². The van der Waals surface area contributed by atoms with Crippen molar-refractivity contribution in [1.82, 2.24) is 4.72 Å². The van der Waals surface area contributed by atoms with Crippen LogP contribution in [-0.4, -0.2) is 20.6 Å². The first kappa shape index (κ1) is 14.1. The zero-order valence-electron chi connectivity index (χ0n) is 10.0. The van der Waals surface area contributed by atoms with Gasteiger partial charge >= 0.3 is 16.3 Å². The molecule has 1 amide bonds. The minimum atomic E-state index is -4.03. The molecule has 7 nitrogen and oxygen atoms in total. The Morgan fingerprint density at radius 3 is 2.61 bits per heavy atom. The van der Waals surface area contributed by atoms with Gasteiger partial charge in [0.2, 0.25) is 0 Å². The molecule has 0 bridgehead atoms. The fourth-order valence-corrected chi connectivity index (χ4v) is 1.89. The topological polar surface area (TPSA) is 111 Å². The molecule has 0 unspecified atom stereocenters. The van der Waals surface area contributed by atoms with Gasteiger partial charge in [0.05, 0.1) is 11.8 Å². The van der Waals surface area contributed by atoms with Gasteiger partial charge in [-0.05, 0) is 32.0 Å². The lowest BCUT2D eigenvalue weighted by molar-refractivity contribution is 0.121. The third-order valence-electron chi connectivity index (χ3n) is 1.70. The lowest BCUT2D eigenvalue weighted by atomic mass is 10.3. The first-order chi connectivity index (χ1) is 8.28. The average Bonchev–Trinajstić information content (AvgIpc) is 2.13. The van der Waals surface area contributed by atoms with E-state index in [0.717, 1.165) is 0 Å². The molecule has 1 aromatic rings. The molecule has 0 fully saturated rings. The molecule has 1 rings (SSSR count). The third kappa shape index (κ3) is 4.91.